The van der Waals surface area contributed by atoms with Gasteiger partial charge in [0.2, 0.25) is 0 Å². The van der Waals surface area contributed by atoms with Crippen molar-refractivity contribution in [3.63, 3.8) is 0 Å². The zero-order valence-electron chi connectivity index (χ0n) is 14.2. The van der Waals surface area contributed by atoms with Crippen molar-refractivity contribution < 1.29 is 14.7 Å². The van der Waals surface area contributed by atoms with E-state index in [0.717, 1.165) is 17.3 Å². The molecule has 1 saturated heterocycles. The quantitative estimate of drug-likeness (QED) is 0.547. The van der Waals surface area contributed by atoms with Gasteiger partial charge < -0.3 is 5.11 Å². The largest absolute Gasteiger partial charge is 0.478 e. The van der Waals surface area contributed by atoms with E-state index in [9.17, 15) is 14.7 Å². The van der Waals surface area contributed by atoms with E-state index in [1.807, 2.05) is 30.3 Å². The van der Waals surface area contributed by atoms with Crippen LogP contribution in [0.5, 0.6) is 0 Å². The van der Waals surface area contributed by atoms with Crippen molar-refractivity contribution in [3.05, 3.63) is 81.2 Å². The predicted molar refractivity (Wildman–Crippen MR) is 114 cm³/mol. The molecule has 27 heavy (non-hydrogen) atoms. The number of carboxylic acids is 1. The number of amides is 1. The van der Waals surface area contributed by atoms with Gasteiger partial charge in [-0.2, -0.15) is 0 Å². The van der Waals surface area contributed by atoms with Gasteiger partial charge in [-0.15, -0.1) is 0 Å². The maximum atomic E-state index is 12.8. The minimum Gasteiger partial charge on any atom is -0.478 e. The fraction of sp³-hybridized carbons (Fsp3) is 0.0500. The lowest BCUT2D eigenvalue weighted by Crippen LogP contribution is -2.27. The number of aromatic carboxylic acids is 1. The maximum Gasteiger partial charge on any atom is 0.336 e. The molecule has 136 valence electrons. The van der Waals surface area contributed by atoms with Crippen LogP contribution in [0.25, 0.3) is 6.08 Å². The summed E-state index contributed by atoms with van der Waals surface area (Å²) in [6.07, 6.45) is 3.32. The van der Waals surface area contributed by atoms with Crippen molar-refractivity contribution in [2.24, 2.45) is 0 Å². The van der Waals surface area contributed by atoms with Gasteiger partial charge in [0.05, 0.1) is 16.2 Å². The van der Waals surface area contributed by atoms with Gasteiger partial charge in [-0.1, -0.05) is 72.0 Å². The Labute approximate surface area is 171 Å². The van der Waals surface area contributed by atoms with Crippen LogP contribution in [-0.4, -0.2) is 21.3 Å². The molecular formula is C20H14ClNO3S2. The third kappa shape index (κ3) is 4.30. The number of hydrogen-bond donors (Lipinski definition) is 1. The molecule has 4 nitrogen and oxygen atoms in total. The van der Waals surface area contributed by atoms with Crippen molar-refractivity contribution in [1.82, 2.24) is 0 Å². The summed E-state index contributed by atoms with van der Waals surface area (Å²) in [4.78, 5) is 25.9. The van der Waals surface area contributed by atoms with Crippen molar-refractivity contribution in [2.45, 2.75) is 6.92 Å². The molecule has 7 heteroatoms. The fourth-order valence-corrected chi connectivity index (χ4v) is 4.13. The molecule has 1 fully saturated rings. The van der Waals surface area contributed by atoms with E-state index < -0.39 is 5.97 Å². The molecule has 0 aliphatic carbocycles. The summed E-state index contributed by atoms with van der Waals surface area (Å²) in [5, 5.41) is 9.70. The standard InChI is InChI=1S/C20H14ClNO3S2/c1-12-7-8-15(11-16(12)19(24)25)22-18(23)17(27-20(22)26)10-14(21)9-13-5-3-2-4-6-13/h2-11H,1H3,(H,24,25)/b14-9-,17-10-. The molecule has 0 spiro atoms. The van der Waals surface area contributed by atoms with Gasteiger partial charge >= 0.3 is 5.97 Å². The van der Waals surface area contributed by atoms with E-state index in [0.29, 0.717) is 25.5 Å². The summed E-state index contributed by atoms with van der Waals surface area (Å²) < 4.78 is 0.329. The highest BCUT2D eigenvalue weighted by molar-refractivity contribution is 8.27. The van der Waals surface area contributed by atoms with Gasteiger partial charge in [0, 0.05) is 5.03 Å². The average Bonchev–Trinajstić information content (AvgIpc) is 2.89. The molecule has 1 heterocycles. The Morgan fingerprint density at radius 2 is 1.93 bits per heavy atom. The molecule has 0 saturated carbocycles. The van der Waals surface area contributed by atoms with Gasteiger partial charge in [0.25, 0.3) is 5.91 Å². The number of anilines is 1. The van der Waals surface area contributed by atoms with Crippen LogP contribution in [-0.2, 0) is 4.79 Å². The van der Waals surface area contributed by atoms with Gasteiger partial charge in [0.1, 0.15) is 0 Å². The average molecular weight is 416 g/mol. The molecule has 0 atom stereocenters. The summed E-state index contributed by atoms with van der Waals surface area (Å²) in [5.74, 6) is -1.38. The zero-order valence-corrected chi connectivity index (χ0v) is 16.6. The predicted octanol–water partition coefficient (Wildman–Crippen LogP) is 5.22. The van der Waals surface area contributed by atoms with Gasteiger partial charge in [-0.05, 0) is 42.3 Å². The number of nitrogens with zero attached hydrogens (tertiary/aromatic N) is 1. The topological polar surface area (TPSA) is 57.6 Å². The van der Waals surface area contributed by atoms with Gasteiger partial charge in [-0.3, -0.25) is 9.69 Å². The Bertz CT molecular complexity index is 1000. The Morgan fingerprint density at radius 3 is 2.59 bits per heavy atom. The number of aryl methyl sites for hydroxylation is 1. The summed E-state index contributed by atoms with van der Waals surface area (Å²) in [6, 6.07) is 14.3. The number of thioether (sulfide) groups is 1. The monoisotopic (exact) mass is 415 g/mol. The highest BCUT2D eigenvalue weighted by Crippen LogP contribution is 2.36. The third-order valence-electron chi connectivity index (χ3n) is 3.88. The van der Waals surface area contributed by atoms with Crippen LogP contribution >= 0.6 is 35.6 Å². The second-order valence-electron chi connectivity index (χ2n) is 5.76. The molecule has 1 aliphatic rings. The molecule has 3 rings (SSSR count). The lowest BCUT2D eigenvalue weighted by Gasteiger charge is -2.15. The Balaban J connectivity index is 1.90. The Hall–Kier alpha value is -2.41. The second-order valence-corrected chi connectivity index (χ2v) is 7.87. The molecular weight excluding hydrogens is 402 g/mol. The molecule has 1 N–H and O–H groups in total. The first-order chi connectivity index (χ1) is 12.9. The number of thiocarbonyl (C=S) groups is 1. The highest BCUT2D eigenvalue weighted by atomic mass is 35.5. The zero-order chi connectivity index (χ0) is 19.6. The summed E-state index contributed by atoms with van der Waals surface area (Å²) in [5.41, 5.74) is 2.08. The summed E-state index contributed by atoms with van der Waals surface area (Å²) in [6.45, 7) is 1.70. The lowest BCUT2D eigenvalue weighted by molar-refractivity contribution is -0.113. The maximum absolute atomic E-state index is 12.8. The molecule has 0 bridgehead atoms. The van der Waals surface area contributed by atoms with Crippen LogP contribution in [0.3, 0.4) is 0 Å². The van der Waals surface area contributed by atoms with Crippen molar-refractivity contribution in [2.75, 3.05) is 4.90 Å². The minimum absolute atomic E-state index is 0.132. The van der Waals surface area contributed by atoms with Crippen LogP contribution in [0.2, 0.25) is 0 Å². The SMILES string of the molecule is Cc1ccc(N2C(=O)/C(=C/C(Cl)=C/c3ccccc3)SC2=S)cc1C(=O)O. The first-order valence-electron chi connectivity index (χ1n) is 7.91. The number of benzene rings is 2. The number of carbonyl (C=O) groups excluding carboxylic acids is 1. The van der Waals surface area contributed by atoms with E-state index in [-0.39, 0.29) is 11.5 Å². The van der Waals surface area contributed by atoms with E-state index >= 15 is 0 Å². The van der Waals surface area contributed by atoms with Gasteiger partial charge in [0.15, 0.2) is 4.32 Å². The second kappa shape index (κ2) is 8.08. The lowest BCUT2D eigenvalue weighted by atomic mass is 10.1. The fourth-order valence-electron chi connectivity index (χ4n) is 2.55. The smallest absolute Gasteiger partial charge is 0.336 e. The number of carboxylic acid groups (broad SMARTS) is 1. The minimum atomic E-state index is -1.05. The van der Waals surface area contributed by atoms with E-state index in [1.54, 1.807) is 31.2 Å². The normalized spacial score (nSPS) is 16.3. The third-order valence-corrected chi connectivity index (χ3v) is 5.40. The number of rotatable bonds is 4. The van der Waals surface area contributed by atoms with Crippen LogP contribution in [0.15, 0.2) is 64.5 Å². The van der Waals surface area contributed by atoms with Crippen LogP contribution in [0.4, 0.5) is 5.69 Å². The molecule has 0 aromatic heterocycles. The van der Waals surface area contributed by atoms with Crippen molar-refractivity contribution in [3.8, 4) is 0 Å². The van der Waals surface area contributed by atoms with Crippen molar-refractivity contribution in [1.29, 1.82) is 0 Å². The summed E-state index contributed by atoms with van der Waals surface area (Å²) >= 11 is 12.7. The first-order valence-corrected chi connectivity index (χ1v) is 9.51. The Kier molecular flexibility index (Phi) is 5.79. The van der Waals surface area contributed by atoms with Crippen LogP contribution in [0.1, 0.15) is 21.5 Å². The molecule has 0 radical (unpaired) electrons. The highest BCUT2D eigenvalue weighted by Gasteiger charge is 2.33. The van der Waals surface area contributed by atoms with Crippen LogP contribution in [0, 0.1) is 6.92 Å². The molecule has 1 aliphatic heterocycles. The van der Waals surface area contributed by atoms with E-state index in [1.165, 1.54) is 11.0 Å². The van der Waals surface area contributed by atoms with Gasteiger partial charge in [-0.25, -0.2) is 4.79 Å². The molecule has 1 amide bonds. The molecule has 2 aromatic rings. The molecule has 2 aromatic carbocycles. The number of carbonyl (C=O) groups is 2. The van der Waals surface area contributed by atoms with Crippen LogP contribution < -0.4 is 4.90 Å². The molecule has 0 unspecified atom stereocenters. The van der Waals surface area contributed by atoms with Crippen molar-refractivity contribution >= 4 is 63.5 Å². The van der Waals surface area contributed by atoms with E-state index in [2.05, 4.69) is 0 Å². The number of allylic oxidation sites excluding steroid dienone is 2. The number of halogens is 1. The number of hydrogen-bond acceptors (Lipinski definition) is 4. The first kappa shape index (κ1) is 19.4. The van der Waals surface area contributed by atoms with E-state index in [4.69, 9.17) is 23.8 Å². The summed E-state index contributed by atoms with van der Waals surface area (Å²) in [7, 11) is 0. The Morgan fingerprint density at radius 1 is 1.22 bits per heavy atom.